The smallest absolute Gasteiger partial charge is 0.307 e. The largest absolute Gasteiger partial charge is 0.481 e. The Morgan fingerprint density at radius 1 is 1.43 bits per heavy atom. The minimum Gasteiger partial charge on any atom is -0.481 e. The van der Waals surface area contributed by atoms with Crippen LogP contribution in [0.3, 0.4) is 0 Å². The minimum atomic E-state index is -0.760. The molecule has 3 heteroatoms. The predicted molar refractivity (Wildman–Crippen MR) is 52.2 cm³/mol. The lowest BCUT2D eigenvalue weighted by Crippen LogP contribution is -2.11. The van der Waals surface area contributed by atoms with Gasteiger partial charge in [0.05, 0.1) is 6.42 Å². The fourth-order valence-corrected chi connectivity index (χ4v) is 2.02. The lowest BCUT2D eigenvalue weighted by molar-refractivity contribution is -0.136. The summed E-state index contributed by atoms with van der Waals surface area (Å²) in [7, 11) is 0. The third kappa shape index (κ3) is 1.76. The number of nitrogens with zero attached hydrogens (tertiary/aromatic N) is 1. The highest BCUT2D eigenvalue weighted by molar-refractivity contribution is 5.70. The van der Waals surface area contributed by atoms with Crippen molar-refractivity contribution in [2.45, 2.75) is 32.1 Å². The number of hydrogen-bond donors (Lipinski definition) is 1. The number of aliphatic carboxylic acids is 1. The van der Waals surface area contributed by atoms with Crippen LogP contribution >= 0.6 is 0 Å². The van der Waals surface area contributed by atoms with Crippen molar-refractivity contribution in [3.63, 3.8) is 0 Å². The molecule has 1 N–H and O–H groups in total. The van der Waals surface area contributed by atoms with Crippen LogP contribution in [0.5, 0.6) is 0 Å². The second-order valence-corrected chi connectivity index (χ2v) is 3.67. The average Bonchev–Trinajstić information content (AvgIpc) is 2.18. The first-order valence-corrected chi connectivity index (χ1v) is 4.95. The molecular weight excluding hydrogens is 178 g/mol. The van der Waals surface area contributed by atoms with Gasteiger partial charge >= 0.3 is 5.97 Å². The van der Waals surface area contributed by atoms with Gasteiger partial charge < -0.3 is 5.11 Å². The Bertz CT molecular complexity index is 360. The van der Waals surface area contributed by atoms with Gasteiger partial charge in [-0.1, -0.05) is 0 Å². The zero-order chi connectivity index (χ0) is 9.97. The van der Waals surface area contributed by atoms with Gasteiger partial charge in [0.15, 0.2) is 0 Å². The fraction of sp³-hybridized carbons (Fsp3) is 0.455. The van der Waals surface area contributed by atoms with E-state index in [0.717, 1.165) is 30.5 Å². The van der Waals surface area contributed by atoms with Crippen molar-refractivity contribution < 1.29 is 9.90 Å². The Kier molecular flexibility index (Phi) is 2.48. The summed E-state index contributed by atoms with van der Waals surface area (Å²) in [5, 5.41) is 8.75. The molecule has 0 radical (unpaired) electrons. The summed E-state index contributed by atoms with van der Waals surface area (Å²) in [6.45, 7) is 0. The van der Waals surface area contributed by atoms with Crippen molar-refractivity contribution in [2.24, 2.45) is 0 Å². The number of pyridine rings is 1. The summed E-state index contributed by atoms with van der Waals surface area (Å²) in [4.78, 5) is 14.9. The third-order valence-corrected chi connectivity index (χ3v) is 2.67. The van der Waals surface area contributed by atoms with Crippen molar-refractivity contribution >= 4 is 5.97 Å². The minimum absolute atomic E-state index is 0.130. The predicted octanol–water partition coefficient (Wildman–Crippen LogP) is 1.59. The highest BCUT2D eigenvalue weighted by atomic mass is 16.4. The molecule has 1 aromatic rings. The maximum atomic E-state index is 10.6. The Labute approximate surface area is 82.8 Å². The Morgan fingerprint density at radius 3 is 3.00 bits per heavy atom. The summed E-state index contributed by atoms with van der Waals surface area (Å²) >= 11 is 0. The van der Waals surface area contributed by atoms with Gasteiger partial charge in [-0.3, -0.25) is 9.78 Å². The molecule has 74 valence electrons. The van der Waals surface area contributed by atoms with Crippen molar-refractivity contribution in [2.75, 3.05) is 0 Å². The van der Waals surface area contributed by atoms with E-state index >= 15 is 0 Å². The van der Waals surface area contributed by atoms with E-state index in [0.29, 0.717) is 0 Å². The number of carboxylic acid groups (broad SMARTS) is 1. The molecule has 1 heterocycles. The number of aromatic nitrogens is 1. The van der Waals surface area contributed by atoms with E-state index in [1.54, 1.807) is 6.20 Å². The first kappa shape index (κ1) is 9.19. The second-order valence-electron chi connectivity index (χ2n) is 3.67. The van der Waals surface area contributed by atoms with Crippen molar-refractivity contribution in [3.05, 3.63) is 29.1 Å². The average molecular weight is 191 g/mol. The Balaban J connectivity index is 2.35. The van der Waals surface area contributed by atoms with Crippen LogP contribution in [0.1, 0.15) is 29.7 Å². The van der Waals surface area contributed by atoms with Gasteiger partial charge in [0.1, 0.15) is 0 Å². The summed E-state index contributed by atoms with van der Waals surface area (Å²) < 4.78 is 0. The summed E-state index contributed by atoms with van der Waals surface area (Å²) in [5.74, 6) is -0.760. The number of carbonyl (C=O) groups is 1. The monoisotopic (exact) mass is 191 g/mol. The molecule has 1 aliphatic carbocycles. The van der Waals surface area contributed by atoms with Gasteiger partial charge in [0.25, 0.3) is 0 Å². The van der Waals surface area contributed by atoms with Crippen LogP contribution in [-0.2, 0) is 24.1 Å². The van der Waals surface area contributed by atoms with Gasteiger partial charge in [0, 0.05) is 11.9 Å². The number of rotatable bonds is 2. The van der Waals surface area contributed by atoms with Gasteiger partial charge in [-0.15, -0.1) is 0 Å². The normalized spacial score (nSPS) is 14.9. The molecule has 3 nitrogen and oxygen atoms in total. The third-order valence-electron chi connectivity index (χ3n) is 2.67. The molecule has 14 heavy (non-hydrogen) atoms. The molecule has 0 spiro atoms. The summed E-state index contributed by atoms with van der Waals surface area (Å²) in [6, 6.07) is 1.83. The van der Waals surface area contributed by atoms with E-state index in [-0.39, 0.29) is 6.42 Å². The zero-order valence-electron chi connectivity index (χ0n) is 7.99. The molecule has 0 atom stereocenters. The zero-order valence-corrected chi connectivity index (χ0v) is 7.99. The van der Waals surface area contributed by atoms with E-state index < -0.39 is 5.97 Å². The van der Waals surface area contributed by atoms with Crippen molar-refractivity contribution in [1.82, 2.24) is 4.98 Å². The molecule has 0 fully saturated rings. The number of carboxylic acids is 1. The molecular formula is C11H13NO2. The van der Waals surface area contributed by atoms with Gasteiger partial charge in [0.2, 0.25) is 0 Å². The van der Waals surface area contributed by atoms with Crippen molar-refractivity contribution in [3.8, 4) is 0 Å². The number of aryl methyl sites for hydroxylation is 1. The molecule has 0 aromatic carbocycles. The number of fused-ring (bicyclic) bond motifs is 1. The van der Waals surface area contributed by atoms with E-state index in [9.17, 15) is 4.79 Å². The topological polar surface area (TPSA) is 50.2 Å². The van der Waals surface area contributed by atoms with E-state index in [1.807, 2.05) is 6.07 Å². The second kappa shape index (κ2) is 3.78. The maximum Gasteiger partial charge on any atom is 0.307 e. The molecule has 2 rings (SSSR count). The van der Waals surface area contributed by atoms with Crippen LogP contribution in [0.4, 0.5) is 0 Å². The van der Waals surface area contributed by atoms with Crippen LogP contribution in [-0.4, -0.2) is 16.1 Å². The highest BCUT2D eigenvalue weighted by Crippen LogP contribution is 2.22. The molecule has 0 aliphatic heterocycles. The molecule has 1 aliphatic rings. The fourth-order valence-electron chi connectivity index (χ4n) is 2.02. The molecule has 0 saturated carbocycles. The van der Waals surface area contributed by atoms with Crippen LogP contribution in [0, 0.1) is 0 Å². The summed E-state index contributed by atoms with van der Waals surface area (Å²) in [5.41, 5.74) is 3.23. The van der Waals surface area contributed by atoms with Crippen LogP contribution in [0.15, 0.2) is 12.3 Å². The van der Waals surface area contributed by atoms with Crippen LogP contribution in [0.25, 0.3) is 0 Å². The molecule has 0 amide bonds. The SMILES string of the molecule is O=C(O)Cc1ccnc2c1CCCC2. The van der Waals surface area contributed by atoms with Gasteiger partial charge in [-0.05, 0) is 42.9 Å². The highest BCUT2D eigenvalue weighted by Gasteiger charge is 2.15. The molecule has 0 saturated heterocycles. The Morgan fingerprint density at radius 2 is 2.21 bits per heavy atom. The first-order valence-electron chi connectivity index (χ1n) is 4.95. The number of hydrogen-bond acceptors (Lipinski definition) is 2. The Hall–Kier alpha value is -1.38. The quantitative estimate of drug-likeness (QED) is 0.772. The molecule has 0 bridgehead atoms. The molecule has 1 aromatic heterocycles. The van der Waals surface area contributed by atoms with E-state index in [2.05, 4.69) is 4.98 Å². The standard InChI is InChI=1S/C11H13NO2/c13-11(14)7-8-5-6-12-10-4-2-1-3-9(8)10/h5-6H,1-4,7H2,(H,13,14). The van der Waals surface area contributed by atoms with Gasteiger partial charge in [-0.2, -0.15) is 0 Å². The molecule has 0 unspecified atom stereocenters. The van der Waals surface area contributed by atoms with E-state index in [1.165, 1.54) is 12.0 Å². The van der Waals surface area contributed by atoms with Crippen LogP contribution < -0.4 is 0 Å². The lowest BCUT2D eigenvalue weighted by atomic mass is 9.91. The lowest BCUT2D eigenvalue weighted by Gasteiger charge is -2.17. The van der Waals surface area contributed by atoms with E-state index in [4.69, 9.17) is 5.11 Å². The van der Waals surface area contributed by atoms with Crippen molar-refractivity contribution in [1.29, 1.82) is 0 Å². The maximum absolute atomic E-state index is 10.6. The van der Waals surface area contributed by atoms with Crippen LogP contribution in [0.2, 0.25) is 0 Å². The summed E-state index contributed by atoms with van der Waals surface area (Å²) in [6.07, 6.45) is 6.18. The first-order chi connectivity index (χ1) is 6.77. The van der Waals surface area contributed by atoms with Gasteiger partial charge in [-0.25, -0.2) is 0 Å².